The number of fused-ring (bicyclic) bond motifs is 2. The average Bonchev–Trinajstić information content (AvgIpc) is 3.60. The van der Waals surface area contributed by atoms with Crippen LogP contribution in [0.25, 0.3) is 21.9 Å². The molecule has 1 heterocycles. The fraction of sp³-hybridized carbons (Fsp3) is 0.222. The molecule has 4 aromatic carbocycles. The maximum absolute atomic E-state index is 2.51. The molecule has 1 aliphatic heterocycles. The van der Waals surface area contributed by atoms with E-state index in [1.807, 2.05) is 0 Å². The Kier molecular flexibility index (Phi) is 13.6. The zero-order chi connectivity index (χ0) is 26.6. The molecule has 0 amide bonds. The summed E-state index contributed by atoms with van der Waals surface area (Å²) in [5, 5.41) is 2.65. The van der Waals surface area contributed by atoms with Gasteiger partial charge in [0.25, 0.3) is 0 Å². The van der Waals surface area contributed by atoms with E-state index in [2.05, 4.69) is 154 Å². The van der Waals surface area contributed by atoms with E-state index in [0.29, 0.717) is 12.0 Å². The van der Waals surface area contributed by atoms with E-state index < -0.39 is 0 Å². The van der Waals surface area contributed by atoms with Gasteiger partial charge in [-0.25, -0.2) is 0 Å². The summed E-state index contributed by atoms with van der Waals surface area (Å²) in [6.07, 6.45) is 8.17. The quantitative estimate of drug-likeness (QED) is 0.232. The Bertz CT molecular complexity index is 1510. The van der Waals surface area contributed by atoms with Crippen LogP contribution in [0.1, 0.15) is 38.7 Å². The Hall–Kier alpha value is -2.16. The third-order valence-electron chi connectivity index (χ3n) is 7.53. The minimum absolute atomic E-state index is 0. The van der Waals surface area contributed by atoms with Crippen LogP contribution < -0.4 is 29.7 Å². The molecule has 0 bridgehead atoms. The van der Waals surface area contributed by atoms with Gasteiger partial charge < -0.3 is 29.7 Å². The van der Waals surface area contributed by atoms with E-state index in [-0.39, 0.29) is 59.4 Å². The topological polar surface area (TPSA) is 3.24 Å². The molecule has 0 saturated heterocycles. The van der Waals surface area contributed by atoms with Gasteiger partial charge in [0.05, 0.1) is 6.04 Å². The van der Waals surface area contributed by atoms with E-state index in [1.54, 1.807) is 0 Å². The molecule has 4 aromatic rings. The van der Waals surface area contributed by atoms with Gasteiger partial charge in [0, 0.05) is 19.8 Å². The van der Waals surface area contributed by atoms with Crippen molar-refractivity contribution in [1.29, 1.82) is 0 Å². The molecule has 2 unspecified atom stereocenters. The summed E-state index contributed by atoms with van der Waals surface area (Å²) in [7, 11) is -0.360. The van der Waals surface area contributed by atoms with Gasteiger partial charge in [-0.3, -0.25) is 0 Å². The van der Waals surface area contributed by atoms with Crippen molar-refractivity contribution in [1.82, 2.24) is 0 Å². The number of hydrogen-bond donors (Lipinski definition) is 0. The second kappa shape index (κ2) is 15.9. The van der Waals surface area contributed by atoms with E-state index in [1.165, 1.54) is 56.4 Å². The van der Waals surface area contributed by atoms with Gasteiger partial charge >= 0.3 is 26.2 Å². The zero-order valence-electron chi connectivity index (χ0n) is 24.5. The van der Waals surface area contributed by atoms with Gasteiger partial charge in [-0.1, -0.05) is 105 Å². The molecule has 6 rings (SSSR count). The van der Waals surface area contributed by atoms with E-state index in [4.69, 9.17) is 0 Å². The number of benzene rings is 3. The fourth-order valence-electron chi connectivity index (χ4n) is 5.34. The first-order valence-electron chi connectivity index (χ1n) is 13.8. The number of nitrogens with zero attached hydrogens (tertiary/aromatic N) is 1. The fourth-order valence-corrected chi connectivity index (χ4v) is 6.27. The average molecular weight is 675 g/mol. The van der Waals surface area contributed by atoms with Crippen LogP contribution in [0.3, 0.4) is 0 Å². The molecule has 1 radical (unpaired) electrons. The molecule has 0 fully saturated rings. The third-order valence-corrected chi connectivity index (χ3v) is 8.54. The van der Waals surface area contributed by atoms with E-state index in [0.717, 1.165) is 0 Å². The van der Waals surface area contributed by atoms with Gasteiger partial charge in [-0.15, -0.1) is 34.5 Å². The van der Waals surface area contributed by atoms with Crippen molar-refractivity contribution in [3.63, 3.8) is 0 Å². The molecule has 0 N–H and O–H groups in total. The SMILES string of the molecule is CC1=CC2=CC(C=[Si](C)C)N(c3ccccc3)C2=C1.CCC(C)c1ccc(-c2cc3ccccc3[cH-]2)cc1.[Cl-].[Cl-].[Zr+3]. The molecule has 1 aliphatic carbocycles. The second-order valence-corrected chi connectivity index (χ2v) is 13.3. The van der Waals surface area contributed by atoms with Crippen molar-refractivity contribution < 1.29 is 51.0 Å². The third kappa shape index (κ3) is 8.23. The van der Waals surface area contributed by atoms with Gasteiger partial charge in [-0.2, -0.15) is 0 Å². The van der Waals surface area contributed by atoms with Crippen LogP contribution in [-0.2, 0) is 26.2 Å². The summed E-state index contributed by atoms with van der Waals surface area (Å²) in [5.74, 6) is 0.646. The normalized spacial score (nSPS) is 15.5. The second-order valence-electron chi connectivity index (χ2n) is 10.8. The Morgan fingerprint density at radius 2 is 1.56 bits per heavy atom. The molecule has 0 aromatic heterocycles. The molecule has 2 aliphatic rings. The number of allylic oxidation sites excluding steroid dienone is 3. The van der Waals surface area contributed by atoms with Crippen LogP contribution in [0.15, 0.2) is 126 Å². The Balaban J connectivity index is 0.000000267. The summed E-state index contributed by atoms with van der Waals surface area (Å²) in [6.45, 7) is 11.4. The monoisotopic (exact) mass is 672 g/mol. The van der Waals surface area contributed by atoms with Crippen molar-refractivity contribution in [2.24, 2.45) is 0 Å². The summed E-state index contributed by atoms with van der Waals surface area (Å²) in [5.41, 5.74) is 11.9. The summed E-state index contributed by atoms with van der Waals surface area (Å²) < 4.78 is 0. The summed E-state index contributed by atoms with van der Waals surface area (Å²) in [6, 6.07) is 33.2. The van der Waals surface area contributed by atoms with Crippen molar-refractivity contribution in [2.75, 3.05) is 4.90 Å². The largest absolute Gasteiger partial charge is 3.00 e. The van der Waals surface area contributed by atoms with Crippen LogP contribution in [0.5, 0.6) is 0 Å². The first kappa shape index (κ1) is 35.0. The van der Waals surface area contributed by atoms with Crippen LogP contribution in [0.2, 0.25) is 13.1 Å². The number of halogens is 2. The van der Waals surface area contributed by atoms with Gasteiger partial charge in [0.15, 0.2) is 0 Å². The van der Waals surface area contributed by atoms with Crippen LogP contribution in [0.4, 0.5) is 5.69 Å². The molecule has 209 valence electrons. The molecular weight excluding hydrogens is 637 g/mol. The van der Waals surface area contributed by atoms with Crippen molar-refractivity contribution >= 4 is 30.5 Å². The molecule has 0 saturated carbocycles. The molecule has 1 nitrogen and oxygen atoms in total. The molecule has 41 heavy (non-hydrogen) atoms. The number of hydrogen-bond acceptors (Lipinski definition) is 1. The van der Waals surface area contributed by atoms with Crippen LogP contribution >= 0.6 is 0 Å². The first-order chi connectivity index (χ1) is 18.4. The maximum Gasteiger partial charge on any atom is 3.00 e. The van der Waals surface area contributed by atoms with Gasteiger partial charge in [0.1, 0.15) is 0 Å². The predicted octanol–water partition coefficient (Wildman–Crippen LogP) is 3.53. The summed E-state index contributed by atoms with van der Waals surface area (Å²) >= 11 is 0. The van der Waals surface area contributed by atoms with Gasteiger partial charge in [-0.05, 0) is 60.3 Å². The Morgan fingerprint density at radius 3 is 2.20 bits per heavy atom. The molecular formula is C36H38Cl2NSiZr. The van der Waals surface area contributed by atoms with Crippen molar-refractivity contribution in [3.8, 4) is 11.1 Å². The molecule has 2 atom stereocenters. The summed E-state index contributed by atoms with van der Waals surface area (Å²) in [4.78, 5) is 2.46. The van der Waals surface area contributed by atoms with Crippen molar-refractivity contribution in [3.05, 3.63) is 132 Å². The van der Waals surface area contributed by atoms with E-state index in [9.17, 15) is 0 Å². The molecule has 0 spiro atoms. The first-order valence-corrected chi connectivity index (χ1v) is 16.4. The van der Waals surface area contributed by atoms with E-state index >= 15 is 0 Å². The number of anilines is 1. The van der Waals surface area contributed by atoms with Crippen molar-refractivity contribution in [2.45, 2.75) is 52.2 Å². The Labute approximate surface area is 279 Å². The van der Waals surface area contributed by atoms with Crippen LogP contribution in [-0.4, -0.2) is 20.1 Å². The predicted molar refractivity (Wildman–Crippen MR) is 170 cm³/mol. The minimum atomic E-state index is -0.360. The molecule has 5 heteroatoms. The minimum Gasteiger partial charge on any atom is -1.00 e. The van der Waals surface area contributed by atoms with Crippen LogP contribution in [0, 0.1) is 0 Å². The maximum atomic E-state index is 2.51. The standard InChI is InChI=1S/C19H19.C17H19NSi.2ClH.Zr/c1-3-14(2)15-8-10-16(11-9-15)19-12-17-6-4-5-7-18(17)13-19;1-13-9-14-11-16(12-19(2)3)18(17(14)10-13)15-7-5-4-6-8-15;;;/h4-14H,3H2,1-2H3;4-12,16H,1-3H3;2*1H;/q-1;;;;+3/p-2. The smallest absolute Gasteiger partial charge is 1.00 e. The zero-order valence-corrected chi connectivity index (χ0v) is 29.5. The number of rotatable bonds is 5. The Morgan fingerprint density at radius 1 is 0.902 bits per heavy atom. The number of para-hydroxylation sites is 1. The van der Waals surface area contributed by atoms with Gasteiger partial charge in [0.2, 0.25) is 0 Å².